The lowest BCUT2D eigenvalue weighted by atomic mass is 10.0. The zero-order valence-corrected chi connectivity index (χ0v) is 14.3. The van der Waals surface area contributed by atoms with Gasteiger partial charge in [-0.1, -0.05) is 47.5 Å². The zero-order chi connectivity index (χ0) is 16.1. The van der Waals surface area contributed by atoms with E-state index in [-0.39, 0.29) is 6.17 Å². The number of nitrogens with zero attached hydrogens (tertiary/aromatic N) is 2. The molecule has 1 aliphatic heterocycles. The lowest BCUT2D eigenvalue weighted by molar-refractivity contribution is 0.570. The number of hydrogen-bond donors (Lipinski definition) is 1. The molecule has 1 N–H and O–H groups in total. The van der Waals surface area contributed by atoms with Crippen molar-refractivity contribution in [2.75, 3.05) is 5.32 Å². The quantitative estimate of drug-likeness (QED) is 0.636. The highest BCUT2D eigenvalue weighted by Gasteiger charge is 2.27. The molecule has 1 aromatic heterocycles. The summed E-state index contributed by atoms with van der Waals surface area (Å²) in [4.78, 5) is 0. The molecule has 0 bridgehead atoms. The van der Waals surface area contributed by atoms with Gasteiger partial charge in [0.15, 0.2) is 0 Å². The van der Waals surface area contributed by atoms with E-state index in [4.69, 9.17) is 23.2 Å². The highest BCUT2D eigenvalue weighted by Crippen LogP contribution is 2.40. The van der Waals surface area contributed by atoms with Gasteiger partial charge in [0.25, 0.3) is 0 Å². The molecule has 23 heavy (non-hydrogen) atoms. The Morgan fingerprint density at radius 3 is 2.65 bits per heavy atom. The molecule has 0 fully saturated rings. The summed E-state index contributed by atoms with van der Waals surface area (Å²) in [7, 11) is 0. The van der Waals surface area contributed by atoms with E-state index >= 15 is 0 Å². The Labute approximate surface area is 144 Å². The van der Waals surface area contributed by atoms with Crippen LogP contribution in [0.1, 0.15) is 23.0 Å². The number of aryl methyl sites for hydroxylation is 2. The zero-order valence-electron chi connectivity index (χ0n) is 12.8. The van der Waals surface area contributed by atoms with Crippen LogP contribution in [-0.2, 0) is 0 Å². The standard InChI is InChI=1S/C18H15Cl2N3/c1-10-4-3-5-13-16-8-11(2)22-23(16)18(21-17(10)13)12-6-7-14(19)15(20)9-12/h3-9,18,21H,1-2H3. The van der Waals surface area contributed by atoms with Crippen molar-refractivity contribution in [3.05, 3.63) is 69.3 Å². The average molecular weight is 344 g/mol. The fourth-order valence-electron chi connectivity index (χ4n) is 3.09. The Kier molecular flexibility index (Phi) is 3.36. The van der Waals surface area contributed by atoms with Crippen molar-refractivity contribution in [3.63, 3.8) is 0 Å². The van der Waals surface area contributed by atoms with E-state index in [1.54, 1.807) is 0 Å². The molecule has 0 amide bonds. The average Bonchev–Trinajstić information content (AvgIpc) is 2.91. The maximum absolute atomic E-state index is 6.21. The number of nitrogens with one attached hydrogen (secondary N) is 1. The topological polar surface area (TPSA) is 29.9 Å². The number of para-hydroxylation sites is 1. The van der Waals surface area contributed by atoms with Crippen LogP contribution in [0.15, 0.2) is 42.5 Å². The molecule has 3 nitrogen and oxygen atoms in total. The summed E-state index contributed by atoms with van der Waals surface area (Å²) in [5.41, 5.74) is 6.63. The third kappa shape index (κ3) is 2.32. The normalized spacial score (nSPS) is 15.7. The van der Waals surface area contributed by atoms with Crippen LogP contribution in [0.2, 0.25) is 10.0 Å². The van der Waals surface area contributed by atoms with Gasteiger partial charge in [-0.15, -0.1) is 0 Å². The fourth-order valence-corrected chi connectivity index (χ4v) is 3.40. The number of halogens is 2. The molecule has 1 aliphatic rings. The summed E-state index contributed by atoms with van der Waals surface area (Å²) in [5.74, 6) is 0. The molecule has 0 aliphatic carbocycles. The number of anilines is 1. The molecule has 3 aromatic rings. The van der Waals surface area contributed by atoms with Gasteiger partial charge in [0.2, 0.25) is 0 Å². The van der Waals surface area contributed by atoms with Gasteiger partial charge in [0.1, 0.15) is 6.17 Å². The van der Waals surface area contributed by atoms with Gasteiger partial charge in [-0.05, 0) is 43.2 Å². The molecule has 5 heteroatoms. The van der Waals surface area contributed by atoms with E-state index in [2.05, 4.69) is 41.6 Å². The van der Waals surface area contributed by atoms with Crippen molar-refractivity contribution in [3.8, 4) is 11.3 Å². The molecule has 2 aromatic carbocycles. The second kappa shape index (κ2) is 5.29. The van der Waals surface area contributed by atoms with Crippen LogP contribution >= 0.6 is 23.2 Å². The number of hydrogen-bond acceptors (Lipinski definition) is 2. The number of aromatic nitrogens is 2. The van der Waals surface area contributed by atoms with Crippen LogP contribution in [0.3, 0.4) is 0 Å². The molecule has 116 valence electrons. The monoisotopic (exact) mass is 343 g/mol. The Hall–Kier alpha value is -1.97. The smallest absolute Gasteiger partial charge is 0.147 e. The van der Waals surface area contributed by atoms with Crippen LogP contribution in [0, 0.1) is 13.8 Å². The van der Waals surface area contributed by atoms with E-state index in [9.17, 15) is 0 Å². The van der Waals surface area contributed by atoms with E-state index in [1.165, 1.54) is 11.1 Å². The van der Waals surface area contributed by atoms with Crippen molar-refractivity contribution < 1.29 is 0 Å². The van der Waals surface area contributed by atoms with Crippen molar-refractivity contribution >= 4 is 28.9 Å². The van der Waals surface area contributed by atoms with Crippen molar-refractivity contribution in [2.24, 2.45) is 0 Å². The Balaban J connectivity index is 1.93. The summed E-state index contributed by atoms with van der Waals surface area (Å²) >= 11 is 12.3. The second-order valence-corrected chi connectivity index (χ2v) is 6.65. The Bertz CT molecular complexity index is 915. The predicted molar refractivity (Wildman–Crippen MR) is 95.4 cm³/mol. The van der Waals surface area contributed by atoms with E-state index in [0.717, 1.165) is 22.6 Å². The first-order chi connectivity index (χ1) is 11.0. The summed E-state index contributed by atoms with van der Waals surface area (Å²) < 4.78 is 2.01. The third-order valence-corrected chi connectivity index (χ3v) is 4.93. The first-order valence-electron chi connectivity index (χ1n) is 7.42. The van der Waals surface area contributed by atoms with Gasteiger partial charge in [-0.2, -0.15) is 5.10 Å². The highest BCUT2D eigenvalue weighted by molar-refractivity contribution is 6.42. The summed E-state index contributed by atoms with van der Waals surface area (Å²) in [6.45, 7) is 4.11. The molecule has 1 unspecified atom stereocenters. The SMILES string of the molecule is Cc1cc2n(n1)C(c1ccc(Cl)c(Cl)c1)Nc1c(C)cccc1-2. The van der Waals surface area contributed by atoms with Crippen molar-refractivity contribution in [1.82, 2.24) is 9.78 Å². The summed E-state index contributed by atoms with van der Waals surface area (Å²) in [5, 5.41) is 9.37. The predicted octanol–water partition coefficient (Wildman–Crippen LogP) is 5.45. The lowest BCUT2D eigenvalue weighted by Gasteiger charge is -2.30. The van der Waals surface area contributed by atoms with Crippen molar-refractivity contribution in [2.45, 2.75) is 20.0 Å². The molecular weight excluding hydrogens is 329 g/mol. The van der Waals surface area contributed by atoms with Gasteiger partial charge in [-0.3, -0.25) is 0 Å². The maximum Gasteiger partial charge on any atom is 0.147 e. The molecule has 0 saturated heterocycles. The summed E-state index contributed by atoms with van der Waals surface area (Å²) in [6, 6.07) is 14.1. The number of fused-ring (bicyclic) bond motifs is 3. The van der Waals surface area contributed by atoms with Gasteiger partial charge in [0, 0.05) is 11.3 Å². The number of rotatable bonds is 1. The largest absolute Gasteiger partial charge is 0.359 e. The van der Waals surface area contributed by atoms with Gasteiger partial charge >= 0.3 is 0 Å². The maximum atomic E-state index is 6.21. The van der Waals surface area contributed by atoms with Crippen LogP contribution < -0.4 is 5.32 Å². The van der Waals surface area contributed by atoms with Gasteiger partial charge in [0.05, 0.1) is 21.4 Å². The highest BCUT2D eigenvalue weighted by atomic mass is 35.5. The Morgan fingerprint density at radius 1 is 1.04 bits per heavy atom. The molecular formula is C18H15Cl2N3. The van der Waals surface area contributed by atoms with Crippen LogP contribution in [0.5, 0.6) is 0 Å². The van der Waals surface area contributed by atoms with E-state index < -0.39 is 0 Å². The van der Waals surface area contributed by atoms with E-state index in [1.807, 2.05) is 29.8 Å². The molecule has 0 saturated carbocycles. The minimum absolute atomic E-state index is 0.109. The van der Waals surface area contributed by atoms with Gasteiger partial charge < -0.3 is 5.32 Å². The van der Waals surface area contributed by atoms with Crippen molar-refractivity contribution in [1.29, 1.82) is 0 Å². The van der Waals surface area contributed by atoms with Crippen LogP contribution in [-0.4, -0.2) is 9.78 Å². The molecule has 0 spiro atoms. The molecule has 1 atom stereocenters. The first kappa shape index (κ1) is 14.6. The van der Waals surface area contributed by atoms with Crippen LogP contribution in [0.4, 0.5) is 5.69 Å². The molecule has 4 rings (SSSR count). The Morgan fingerprint density at radius 2 is 1.87 bits per heavy atom. The minimum atomic E-state index is -0.109. The first-order valence-corrected chi connectivity index (χ1v) is 8.18. The molecule has 0 radical (unpaired) electrons. The third-order valence-electron chi connectivity index (χ3n) is 4.19. The fraction of sp³-hybridized carbons (Fsp3) is 0.167. The minimum Gasteiger partial charge on any atom is -0.359 e. The van der Waals surface area contributed by atoms with E-state index in [0.29, 0.717) is 10.0 Å². The molecule has 2 heterocycles. The van der Waals surface area contributed by atoms with Crippen LogP contribution in [0.25, 0.3) is 11.3 Å². The second-order valence-electron chi connectivity index (χ2n) is 5.83. The number of benzene rings is 2. The summed E-state index contributed by atoms with van der Waals surface area (Å²) in [6.07, 6.45) is -0.109. The lowest BCUT2D eigenvalue weighted by Crippen LogP contribution is -2.26. The van der Waals surface area contributed by atoms with Gasteiger partial charge in [-0.25, -0.2) is 4.68 Å².